The molecule has 2 rings (SSSR count). The van der Waals surface area contributed by atoms with E-state index < -0.39 is 0 Å². The second-order valence-electron chi connectivity index (χ2n) is 5.29. The molecule has 20 heavy (non-hydrogen) atoms. The van der Waals surface area contributed by atoms with Crippen LogP contribution in [0.4, 0.5) is 5.82 Å². The lowest BCUT2D eigenvalue weighted by Gasteiger charge is -2.38. The van der Waals surface area contributed by atoms with Crippen molar-refractivity contribution in [2.75, 3.05) is 25.0 Å². The molecule has 1 saturated heterocycles. The van der Waals surface area contributed by atoms with E-state index >= 15 is 0 Å². The number of anilines is 1. The number of nitrogens with zero attached hydrogens (tertiary/aromatic N) is 2. The predicted molar refractivity (Wildman–Crippen MR) is 83.3 cm³/mol. The van der Waals surface area contributed by atoms with Crippen LogP contribution in [0.5, 0.6) is 0 Å². The first kappa shape index (κ1) is 15.5. The third-order valence-corrected chi connectivity index (χ3v) is 4.03. The minimum absolute atomic E-state index is 0.272. The van der Waals surface area contributed by atoms with Gasteiger partial charge in [0, 0.05) is 25.7 Å². The highest BCUT2D eigenvalue weighted by atomic mass is 35.5. The average molecular weight is 298 g/mol. The Kier molecular flexibility index (Phi) is 5.64. The van der Waals surface area contributed by atoms with Crippen LogP contribution >= 0.6 is 11.6 Å². The molecule has 2 atom stereocenters. The average Bonchev–Trinajstić information content (AvgIpc) is 2.43. The number of halogens is 1. The predicted octanol–water partition coefficient (Wildman–Crippen LogP) is 3.17. The molecule has 1 aromatic rings. The fourth-order valence-corrected chi connectivity index (χ4v) is 2.71. The highest BCUT2D eigenvalue weighted by molar-refractivity contribution is 6.31. The van der Waals surface area contributed by atoms with Crippen LogP contribution in [0.25, 0.3) is 0 Å². The first-order valence-electron chi connectivity index (χ1n) is 7.39. The van der Waals surface area contributed by atoms with Gasteiger partial charge < -0.3 is 10.1 Å². The van der Waals surface area contributed by atoms with Gasteiger partial charge in [-0.05, 0) is 32.4 Å². The van der Waals surface area contributed by atoms with Crippen LogP contribution in [-0.4, -0.2) is 41.7 Å². The number of morpholine rings is 1. The van der Waals surface area contributed by atoms with E-state index in [1.165, 1.54) is 0 Å². The molecule has 1 aromatic heterocycles. The molecule has 1 aliphatic rings. The van der Waals surface area contributed by atoms with Gasteiger partial charge in [-0.15, -0.1) is 0 Å². The van der Waals surface area contributed by atoms with Gasteiger partial charge in [0.1, 0.15) is 5.82 Å². The molecule has 0 aliphatic carbocycles. The summed E-state index contributed by atoms with van der Waals surface area (Å²) in [7, 11) is 0. The van der Waals surface area contributed by atoms with E-state index in [2.05, 4.69) is 36.0 Å². The largest absolute Gasteiger partial charge is 0.376 e. The molecule has 0 spiro atoms. The van der Waals surface area contributed by atoms with E-state index in [0.717, 1.165) is 49.2 Å². The summed E-state index contributed by atoms with van der Waals surface area (Å²) >= 11 is 6.29. The van der Waals surface area contributed by atoms with E-state index in [1.54, 1.807) is 0 Å². The van der Waals surface area contributed by atoms with Crippen LogP contribution < -0.4 is 5.32 Å². The number of hydrogen-bond donors (Lipinski definition) is 1. The molecule has 0 radical (unpaired) electrons. The summed E-state index contributed by atoms with van der Waals surface area (Å²) in [5, 5.41) is 3.97. The van der Waals surface area contributed by atoms with Crippen molar-refractivity contribution in [2.45, 2.75) is 45.9 Å². The van der Waals surface area contributed by atoms with Gasteiger partial charge in [0.2, 0.25) is 0 Å². The molecule has 2 unspecified atom stereocenters. The minimum Gasteiger partial charge on any atom is -0.376 e. The molecular weight excluding hydrogens is 274 g/mol. The van der Waals surface area contributed by atoms with Gasteiger partial charge in [-0.25, -0.2) is 4.98 Å². The van der Waals surface area contributed by atoms with E-state index in [0.29, 0.717) is 6.04 Å². The summed E-state index contributed by atoms with van der Waals surface area (Å²) in [4.78, 5) is 7.05. The first-order chi connectivity index (χ1) is 9.63. The van der Waals surface area contributed by atoms with E-state index in [1.807, 2.05) is 12.1 Å². The van der Waals surface area contributed by atoms with Crippen LogP contribution in [-0.2, 0) is 11.3 Å². The summed E-state index contributed by atoms with van der Waals surface area (Å²) < 4.78 is 5.73. The topological polar surface area (TPSA) is 37.4 Å². The van der Waals surface area contributed by atoms with Gasteiger partial charge in [0.05, 0.1) is 23.4 Å². The Hall–Kier alpha value is -0.840. The summed E-state index contributed by atoms with van der Waals surface area (Å²) in [6, 6.07) is 4.30. The van der Waals surface area contributed by atoms with Crippen molar-refractivity contribution < 1.29 is 4.74 Å². The van der Waals surface area contributed by atoms with Crippen molar-refractivity contribution in [3.63, 3.8) is 0 Å². The zero-order valence-corrected chi connectivity index (χ0v) is 13.3. The molecule has 2 heterocycles. The summed E-state index contributed by atoms with van der Waals surface area (Å²) in [5.41, 5.74) is 0.942. The summed E-state index contributed by atoms with van der Waals surface area (Å²) in [6.45, 7) is 9.74. The fourth-order valence-electron chi connectivity index (χ4n) is 2.55. The zero-order valence-electron chi connectivity index (χ0n) is 12.5. The van der Waals surface area contributed by atoms with Crippen molar-refractivity contribution in [3.8, 4) is 0 Å². The molecule has 0 bridgehead atoms. The van der Waals surface area contributed by atoms with Crippen LogP contribution in [0.1, 0.15) is 32.9 Å². The molecule has 0 saturated carbocycles. The molecule has 1 fully saturated rings. The lowest BCUT2D eigenvalue weighted by Crippen LogP contribution is -2.48. The SMILES string of the molecule is CCNc1ccc(Cl)c(CN2CC(C)OCC2CC)n1. The number of hydrogen-bond acceptors (Lipinski definition) is 4. The standard InChI is InChI=1S/C15H24ClN3O/c1-4-12-10-20-11(3)8-19(12)9-14-13(16)6-7-15(18-14)17-5-2/h6-7,11-12H,4-5,8-10H2,1-3H3,(H,17,18). The van der Waals surface area contributed by atoms with Gasteiger partial charge in [0.25, 0.3) is 0 Å². The maximum Gasteiger partial charge on any atom is 0.126 e. The maximum absolute atomic E-state index is 6.29. The zero-order chi connectivity index (χ0) is 14.5. The lowest BCUT2D eigenvalue weighted by molar-refractivity contribution is -0.0595. The van der Waals surface area contributed by atoms with Gasteiger partial charge in [-0.3, -0.25) is 4.90 Å². The molecular formula is C15H24ClN3O. The third-order valence-electron chi connectivity index (χ3n) is 3.68. The Labute approximate surface area is 126 Å². The van der Waals surface area contributed by atoms with Crippen LogP contribution in [0.15, 0.2) is 12.1 Å². The lowest BCUT2D eigenvalue weighted by atomic mass is 10.1. The van der Waals surface area contributed by atoms with Crippen molar-refractivity contribution in [3.05, 3.63) is 22.8 Å². The molecule has 1 aliphatic heterocycles. The van der Waals surface area contributed by atoms with Gasteiger partial charge in [0.15, 0.2) is 0 Å². The number of nitrogens with one attached hydrogen (secondary N) is 1. The molecule has 0 amide bonds. The monoisotopic (exact) mass is 297 g/mol. The first-order valence-corrected chi connectivity index (χ1v) is 7.76. The highest BCUT2D eigenvalue weighted by Gasteiger charge is 2.26. The Morgan fingerprint density at radius 3 is 2.95 bits per heavy atom. The van der Waals surface area contributed by atoms with Crippen molar-refractivity contribution >= 4 is 17.4 Å². The van der Waals surface area contributed by atoms with Crippen molar-refractivity contribution in [2.24, 2.45) is 0 Å². The fraction of sp³-hybridized carbons (Fsp3) is 0.667. The quantitative estimate of drug-likeness (QED) is 0.906. The number of aromatic nitrogens is 1. The smallest absolute Gasteiger partial charge is 0.126 e. The second kappa shape index (κ2) is 7.25. The Balaban J connectivity index is 2.12. The molecule has 4 nitrogen and oxygen atoms in total. The maximum atomic E-state index is 6.29. The van der Waals surface area contributed by atoms with Gasteiger partial charge in [-0.1, -0.05) is 18.5 Å². The number of rotatable bonds is 5. The Morgan fingerprint density at radius 2 is 2.25 bits per heavy atom. The molecule has 1 N–H and O–H groups in total. The summed E-state index contributed by atoms with van der Waals surface area (Å²) in [6.07, 6.45) is 1.35. The van der Waals surface area contributed by atoms with Crippen molar-refractivity contribution in [1.29, 1.82) is 0 Å². The van der Waals surface area contributed by atoms with Crippen LogP contribution in [0, 0.1) is 0 Å². The Morgan fingerprint density at radius 1 is 1.45 bits per heavy atom. The molecule has 112 valence electrons. The normalized spacial score (nSPS) is 23.8. The molecule has 5 heteroatoms. The molecule has 0 aromatic carbocycles. The minimum atomic E-state index is 0.272. The Bertz CT molecular complexity index is 441. The van der Waals surface area contributed by atoms with Gasteiger partial charge >= 0.3 is 0 Å². The van der Waals surface area contributed by atoms with Crippen LogP contribution in [0.2, 0.25) is 5.02 Å². The summed E-state index contributed by atoms with van der Waals surface area (Å²) in [5.74, 6) is 0.890. The highest BCUT2D eigenvalue weighted by Crippen LogP contribution is 2.22. The number of pyridine rings is 1. The van der Waals surface area contributed by atoms with E-state index in [9.17, 15) is 0 Å². The van der Waals surface area contributed by atoms with Crippen molar-refractivity contribution in [1.82, 2.24) is 9.88 Å². The van der Waals surface area contributed by atoms with Gasteiger partial charge in [-0.2, -0.15) is 0 Å². The second-order valence-corrected chi connectivity index (χ2v) is 5.70. The third kappa shape index (κ3) is 3.84. The van der Waals surface area contributed by atoms with E-state index in [-0.39, 0.29) is 6.10 Å². The van der Waals surface area contributed by atoms with Crippen LogP contribution in [0.3, 0.4) is 0 Å². The number of ether oxygens (including phenoxy) is 1. The van der Waals surface area contributed by atoms with E-state index in [4.69, 9.17) is 16.3 Å².